The third kappa shape index (κ3) is 3.85. The molecule has 7 nitrogen and oxygen atoms in total. The lowest BCUT2D eigenvalue weighted by molar-refractivity contribution is 0.414. The first-order chi connectivity index (χ1) is 16.6. The fraction of sp³-hybridized carbons (Fsp3) is 0.370. The Hall–Kier alpha value is -3.61. The van der Waals surface area contributed by atoms with Crippen molar-refractivity contribution in [2.75, 3.05) is 12.4 Å². The first kappa shape index (κ1) is 21.0. The molecule has 0 bridgehead atoms. The number of hydrogen-bond acceptors (Lipinski definition) is 5. The molecule has 6 rings (SSSR count). The zero-order valence-electron chi connectivity index (χ0n) is 19.4. The van der Waals surface area contributed by atoms with Gasteiger partial charge < -0.3 is 14.6 Å². The molecule has 174 valence electrons. The molecule has 0 radical (unpaired) electrons. The maximum absolute atomic E-state index is 13.3. The van der Waals surface area contributed by atoms with Crippen LogP contribution in [0.3, 0.4) is 0 Å². The van der Waals surface area contributed by atoms with Crippen LogP contribution in [0, 0.1) is 5.41 Å². The van der Waals surface area contributed by atoms with Crippen molar-refractivity contribution in [1.82, 2.24) is 19.5 Å². The Morgan fingerprint density at radius 2 is 1.82 bits per heavy atom. The number of aromatic nitrogens is 4. The lowest BCUT2D eigenvalue weighted by Gasteiger charge is -2.11. The number of aromatic amines is 1. The minimum Gasteiger partial charge on any atom is -0.497 e. The molecule has 0 aliphatic heterocycles. The number of nitrogens with one attached hydrogen (secondary N) is 2. The van der Waals surface area contributed by atoms with E-state index in [2.05, 4.69) is 22.4 Å². The number of methoxy groups -OCH3 is 1. The Kier molecular flexibility index (Phi) is 5.12. The second-order valence-corrected chi connectivity index (χ2v) is 9.68. The lowest BCUT2D eigenvalue weighted by atomic mass is 10.1. The van der Waals surface area contributed by atoms with Gasteiger partial charge in [-0.15, -0.1) is 0 Å². The minimum absolute atomic E-state index is 0.155. The monoisotopic (exact) mass is 455 g/mol. The molecule has 0 amide bonds. The van der Waals surface area contributed by atoms with Gasteiger partial charge in [-0.3, -0.25) is 9.78 Å². The third-order valence-electron chi connectivity index (χ3n) is 7.50. The molecule has 1 atom stereocenters. The number of anilines is 1. The second-order valence-electron chi connectivity index (χ2n) is 9.68. The van der Waals surface area contributed by atoms with Crippen LogP contribution in [-0.2, 0) is 13.0 Å². The van der Waals surface area contributed by atoms with E-state index in [0.717, 1.165) is 22.7 Å². The van der Waals surface area contributed by atoms with Crippen molar-refractivity contribution >= 4 is 17.1 Å². The molecule has 2 aliphatic rings. The Morgan fingerprint density at radius 3 is 2.56 bits per heavy atom. The van der Waals surface area contributed by atoms with E-state index >= 15 is 0 Å². The summed E-state index contributed by atoms with van der Waals surface area (Å²) in [6.45, 7) is 0.562. The molecule has 2 N–H and O–H groups in total. The Bertz CT molecular complexity index is 1370. The van der Waals surface area contributed by atoms with Crippen LogP contribution in [0.1, 0.15) is 49.1 Å². The van der Waals surface area contributed by atoms with Gasteiger partial charge in [0.2, 0.25) is 5.95 Å². The number of ether oxygens (including phenoxy) is 1. The predicted molar refractivity (Wildman–Crippen MR) is 132 cm³/mol. The molecule has 2 aromatic heterocycles. The van der Waals surface area contributed by atoms with E-state index < -0.39 is 0 Å². The number of benzene rings is 2. The van der Waals surface area contributed by atoms with Crippen LogP contribution in [0.2, 0.25) is 0 Å². The SMILES string of the molecule is COc1ccc(Cc2nc3nc(NC4CC45CCCC5)[nH]c(=O)c3n2Cc2ccccc2)cc1. The zero-order valence-corrected chi connectivity index (χ0v) is 19.4. The second kappa shape index (κ2) is 8.31. The largest absolute Gasteiger partial charge is 0.497 e. The third-order valence-corrected chi connectivity index (χ3v) is 7.50. The predicted octanol–water partition coefficient (Wildman–Crippen LogP) is 4.51. The highest BCUT2D eigenvalue weighted by Crippen LogP contribution is 2.58. The van der Waals surface area contributed by atoms with Crippen LogP contribution >= 0.6 is 0 Å². The van der Waals surface area contributed by atoms with E-state index in [0.29, 0.717) is 41.5 Å². The van der Waals surface area contributed by atoms with Gasteiger partial charge >= 0.3 is 0 Å². The molecule has 2 saturated carbocycles. The van der Waals surface area contributed by atoms with Gasteiger partial charge in [-0.1, -0.05) is 55.3 Å². The van der Waals surface area contributed by atoms with Crippen molar-refractivity contribution in [3.05, 3.63) is 81.9 Å². The number of hydrogen-bond donors (Lipinski definition) is 2. The number of nitrogens with zero attached hydrogens (tertiary/aromatic N) is 3. The van der Waals surface area contributed by atoms with Crippen molar-refractivity contribution in [3.8, 4) is 5.75 Å². The van der Waals surface area contributed by atoms with E-state index in [9.17, 15) is 4.79 Å². The molecule has 34 heavy (non-hydrogen) atoms. The van der Waals surface area contributed by atoms with Gasteiger partial charge in [0.15, 0.2) is 11.2 Å². The van der Waals surface area contributed by atoms with E-state index in [4.69, 9.17) is 14.7 Å². The van der Waals surface area contributed by atoms with Crippen molar-refractivity contribution in [3.63, 3.8) is 0 Å². The molecular formula is C27H29N5O2. The van der Waals surface area contributed by atoms with Crippen LogP contribution < -0.4 is 15.6 Å². The van der Waals surface area contributed by atoms with Gasteiger partial charge in [0.05, 0.1) is 7.11 Å². The average Bonchev–Trinajstić information content (AvgIpc) is 3.14. The quantitative estimate of drug-likeness (QED) is 0.428. The molecule has 1 unspecified atom stereocenters. The number of H-pyrrole nitrogens is 1. The zero-order chi connectivity index (χ0) is 23.1. The Morgan fingerprint density at radius 1 is 1.06 bits per heavy atom. The topological polar surface area (TPSA) is 84.8 Å². The van der Waals surface area contributed by atoms with E-state index in [-0.39, 0.29) is 5.56 Å². The van der Waals surface area contributed by atoms with E-state index in [1.807, 2.05) is 47.0 Å². The summed E-state index contributed by atoms with van der Waals surface area (Å²) in [7, 11) is 1.66. The van der Waals surface area contributed by atoms with Crippen LogP contribution in [-0.4, -0.2) is 32.7 Å². The summed E-state index contributed by atoms with van der Waals surface area (Å²) in [5, 5.41) is 3.49. The molecule has 2 aliphatic carbocycles. The van der Waals surface area contributed by atoms with Gasteiger partial charge in [0.25, 0.3) is 5.56 Å². The molecule has 2 fully saturated rings. The summed E-state index contributed by atoms with van der Waals surface area (Å²) in [6, 6.07) is 18.5. The molecule has 4 aromatic rings. The fourth-order valence-corrected chi connectivity index (χ4v) is 5.50. The highest BCUT2D eigenvalue weighted by molar-refractivity contribution is 5.72. The first-order valence-corrected chi connectivity index (χ1v) is 12.1. The number of rotatable bonds is 7. The molecule has 0 saturated heterocycles. The van der Waals surface area contributed by atoms with Crippen molar-refractivity contribution in [2.45, 2.75) is 51.1 Å². The molecule has 2 heterocycles. The standard InChI is InChI=1S/C27H29N5O2/c1-34-20-11-9-18(10-12-20)15-22-29-24-23(32(22)17-19-7-3-2-4-8-19)25(33)31-26(30-24)28-21-16-27(21)13-5-6-14-27/h2-4,7-12,21H,5-6,13-17H2,1H3,(H2,28,30,31,33). The van der Waals surface area contributed by atoms with Crippen LogP contribution in [0.25, 0.3) is 11.2 Å². The van der Waals surface area contributed by atoms with E-state index in [1.54, 1.807) is 7.11 Å². The molecular weight excluding hydrogens is 426 g/mol. The normalized spacial score (nSPS) is 18.4. The first-order valence-electron chi connectivity index (χ1n) is 12.1. The van der Waals surface area contributed by atoms with Crippen molar-refractivity contribution in [2.24, 2.45) is 5.41 Å². The highest BCUT2D eigenvalue weighted by Gasteiger charge is 2.55. The average molecular weight is 456 g/mol. The fourth-order valence-electron chi connectivity index (χ4n) is 5.50. The smallest absolute Gasteiger partial charge is 0.278 e. The number of fused-ring (bicyclic) bond motifs is 1. The minimum atomic E-state index is -0.155. The summed E-state index contributed by atoms with van der Waals surface area (Å²) < 4.78 is 7.29. The van der Waals surface area contributed by atoms with Crippen LogP contribution in [0.15, 0.2) is 59.4 Å². The summed E-state index contributed by atoms with van der Waals surface area (Å²) >= 11 is 0. The Labute approximate surface area is 198 Å². The van der Waals surface area contributed by atoms with Crippen molar-refractivity contribution in [1.29, 1.82) is 0 Å². The molecule has 7 heteroatoms. The summed E-state index contributed by atoms with van der Waals surface area (Å²) in [4.78, 5) is 25.8. The van der Waals surface area contributed by atoms with Gasteiger partial charge in [-0.05, 0) is 47.9 Å². The van der Waals surface area contributed by atoms with Gasteiger partial charge in [0.1, 0.15) is 11.6 Å². The summed E-state index contributed by atoms with van der Waals surface area (Å²) in [5.74, 6) is 2.17. The Balaban J connectivity index is 1.36. The lowest BCUT2D eigenvalue weighted by Crippen LogP contribution is -2.19. The molecule has 2 aromatic carbocycles. The maximum atomic E-state index is 13.3. The molecule has 1 spiro atoms. The van der Waals surface area contributed by atoms with Gasteiger partial charge in [0, 0.05) is 19.0 Å². The van der Waals surface area contributed by atoms with Gasteiger partial charge in [-0.25, -0.2) is 4.98 Å². The van der Waals surface area contributed by atoms with Crippen LogP contribution in [0.5, 0.6) is 5.75 Å². The summed E-state index contributed by atoms with van der Waals surface area (Å²) in [5.41, 5.74) is 3.48. The van der Waals surface area contributed by atoms with Crippen LogP contribution in [0.4, 0.5) is 5.95 Å². The van der Waals surface area contributed by atoms with Gasteiger partial charge in [-0.2, -0.15) is 4.98 Å². The van der Waals surface area contributed by atoms with Crippen molar-refractivity contribution < 1.29 is 4.74 Å². The maximum Gasteiger partial charge on any atom is 0.278 e. The highest BCUT2D eigenvalue weighted by atomic mass is 16.5. The number of imidazole rings is 1. The summed E-state index contributed by atoms with van der Waals surface area (Å²) in [6.07, 6.45) is 6.92. The van der Waals surface area contributed by atoms with E-state index in [1.165, 1.54) is 32.1 Å².